The summed E-state index contributed by atoms with van der Waals surface area (Å²) < 4.78 is 95.9. The van der Waals surface area contributed by atoms with Crippen LogP contribution in [0.15, 0.2) is 54.6 Å². The lowest BCUT2D eigenvalue weighted by Crippen LogP contribution is -2.16. The molecule has 15 heteroatoms. The molecule has 3 aromatic rings. The van der Waals surface area contributed by atoms with Gasteiger partial charge in [-0.2, -0.15) is 26.3 Å². The van der Waals surface area contributed by atoms with Crippen LogP contribution in [-0.4, -0.2) is 15.8 Å². The van der Waals surface area contributed by atoms with Gasteiger partial charge in [0.25, 0.3) is 17.3 Å². The number of alkyl halides is 6. The van der Waals surface area contributed by atoms with Gasteiger partial charge in [-0.25, -0.2) is 4.39 Å². The van der Waals surface area contributed by atoms with E-state index in [1.54, 1.807) is 0 Å². The highest BCUT2D eigenvalue weighted by Crippen LogP contribution is 2.44. The number of hydrogen-bond donors (Lipinski definition) is 1. The Morgan fingerprint density at radius 1 is 0.722 bits per heavy atom. The highest BCUT2D eigenvalue weighted by Gasteiger charge is 2.39. The second kappa shape index (κ2) is 9.24. The molecule has 0 unspecified atom stereocenters. The number of nitrogens with zero attached hydrogens (tertiary/aromatic N) is 2. The van der Waals surface area contributed by atoms with Crippen LogP contribution in [0.4, 0.5) is 47.8 Å². The summed E-state index contributed by atoms with van der Waals surface area (Å²) in [6.45, 7) is 0. The van der Waals surface area contributed by atoms with E-state index in [-0.39, 0.29) is 6.07 Å². The van der Waals surface area contributed by atoms with Crippen molar-refractivity contribution in [3.8, 4) is 11.1 Å². The molecular formula is C21H10F7N3O5. The van der Waals surface area contributed by atoms with E-state index in [0.29, 0.717) is 30.3 Å². The van der Waals surface area contributed by atoms with E-state index < -0.39 is 78.8 Å². The molecule has 0 bridgehead atoms. The summed E-state index contributed by atoms with van der Waals surface area (Å²) in [7, 11) is 0. The predicted molar refractivity (Wildman–Crippen MR) is 110 cm³/mol. The van der Waals surface area contributed by atoms with E-state index in [1.165, 1.54) is 0 Å². The number of amides is 1. The first-order chi connectivity index (χ1) is 16.6. The molecule has 3 aromatic carbocycles. The fraction of sp³-hybridized carbons (Fsp3) is 0.0952. The Labute approximate surface area is 195 Å². The molecular weight excluding hydrogens is 507 g/mol. The number of carbonyl (C=O) groups excluding carboxylic acids is 1. The summed E-state index contributed by atoms with van der Waals surface area (Å²) in [6, 6.07) is 4.90. The first-order valence-electron chi connectivity index (χ1n) is 9.42. The molecule has 0 aliphatic carbocycles. The van der Waals surface area contributed by atoms with Gasteiger partial charge in [0.2, 0.25) is 0 Å². The second-order valence-corrected chi connectivity index (χ2v) is 7.12. The second-order valence-electron chi connectivity index (χ2n) is 7.12. The van der Waals surface area contributed by atoms with Crippen molar-refractivity contribution >= 4 is 23.0 Å². The molecule has 0 aliphatic heterocycles. The zero-order valence-corrected chi connectivity index (χ0v) is 17.3. The van der Waals surface area contributed by atoms with Crippen LogP contribution in [0.5, 0.6) is 0 Å². The van der Waals surface area contributed by atoms with Crippen molar-refractivity contribution in [2.24, 2.45) is 0 Å². The van der Waals surface area contributed by atoms with Crippen LogP contribution in [0, 0.1) is 26.0 Å². The summed E-state index contributed by atoms with van der Waals surface area (Å²) in [5.41, 5.74) is -8.29. The van der Waals surface area contributed by atoms with Crippen molar-refractivity contribution in [2.45, 2.75) is 12.4 Å². The average Bonchev–Trinajstić information content (AvgIpc) is 2.77. The fourth-order valence-corrected chi connectivity index (χ4v) is 3.21. The maximum absolute atomic E-state index is 14.1. The van der Waals surface area contributed by atoms with E-state index in [4.69, 9.17) is 0 Å². The molecule has 0 fully saturated rings. The molecule has 0 aromatic heterocycles. The van der Waals surface area contributed by atoms with E-state index in [0.717, 1.165) is 18.2 Å². The first-order valence-corrected chi connectivity index (χ1v) is 9.42. The first kappa shape index (κ1) is 26.1. The highest BCUT2D eigenvalue weighted by molar-refractivity contribution is 6.04. The summed E-state index contributed by atoms with van der Waals surface area (Å²) in [5.74, 6) is -2.62. The molecule has 1 amide bonds. The summed E-state index contributed by atoms with van der Waals surface area (Å²) in [4.78, 5) is 31.8. The molecule has 0 saturated heterocycles. The molecule has 0 saturated carbocycles. The number of carbonyl (C=O) groups is 1. The van der Waals surface area contributed by atoms with Crippen molar-refractivity contribution in [1.29, 1.82) is 0 Å². The van der Waals surface area contributed by atoms with Crippen LogP contribution in [0.2, 0.25) is 0 Å². The maximum Gasteiger partial charge on any atom is 0.417 e. The van der Waals surface area contributed by atoms with Gasteiger partial charge in [0.15, 0.2) is 0 Å². The molecule has 8 nitrogen and oxygen atoms in total. The topological polar surface area (TPSA) is 115 Å². The third kappa shape index (κ3) is 5.39. The number of nitrogens with one attached hydrogen (secondary N) is 1. The molecule has 0 spiro atoms. The van der Waals surface area contributed by atoms with Crippen molar-refractivity contribution in [3.63, 3.8) is 0 Å². The zero-order valence-electron chi connectivity index (χ0n) is 17.3. The van der Waals surface area contributed by atoms with Crippen LogP contribution in [0.1, 0.15) is 21.5 Å². The van der Waals surface area contributed by atoms with Gasteiger partial charge in [0.1, 0.15) is 5.82 Å². The lowest BCUT2D eigenvalue weighted by atomic mass is 9.93. The Morgan fingerprint density at radius 3 is 1.69 bits per heavy atom. The van der Waals surface area contributed by atoms with Gasteiger partial charge in [0, 0.05) is 23.9 Å². The highest BCUT2D eigenvalue weighted by atomic mass is 19.4. The molecule has 0 aliphatic rings. The minimum atomic E-state index is -5.25. The lowest BCUT2D eigenvalue weighted by Gasteiger charge is -2.18. The van der Waals surface area contributed by atoms with E-state index in [1.807, 2.05) is 5.32 Å². The fourth-order valence-electron chi connectivity index (χ4n) is 3.21. The quantitative estimate of drug-likeness (QED) is 0.233. The molecule has 0 radical (unpaired) electrons. The van der Waals surface area contributed by atoms with E-state index in [2.05, 4.69) is 0 Å². The molecule has 3 rings (SSSR count). The number of non-ortho nitro benzene ring substituents is 2. The average molecular weight is 517 g/mol. The third-order valence-corrected chi connectivity index (χ3v) is 4.80. The van der Waals surface area contributed by atoms with Gasteiger partial charge in [-0.15, -0.1) is 0 Å². The number of rotatable bonds is 5. The van der Waals surface area contributed by atoms with Crippen molar-refractivity contribution in [1.82, 2.24) is 0 Å². The largest absolute Gasteiger partial charge is 0.417 e. The Kier molecular flexibility index (Phi) is 6.69. The van der Waals surface area contributed by atoms with Gasteiger partial charge in [0.05, 0.1) is 32.6 Å². The predicted octanol–water partition coefficient (Wildman–Crippen LogP) is 6.60. The summed E-state index contributed by atoms with van der Waals surface area (Å²) in [5, 5.41) is 23.5. The summed E-state index contributed by atoms with van der Waals surface area (Å²) in [6.07, 6.45) is -10.5. The third-order valence-electron chi connectivity index (χ3n) is 4.80. The normalized spacial score (nSPS) is 11.8. The minimum absolute atomic E-state index is 0.0997. The van der Waals surface area contributed by atoms with Crippen LogP contribution >= 0.6 is 0 Å². The van der Waals surface area contributed by atoms with Crippen molar-refractivity contribution in [2.75, 3.05) is 5.32 Å². The number of anilines is 1. The Hall–Kier alpha value is -4.56. The maximum atomic E-state index is 14.1. The number of benzene rings is 3. The summed E-state index contributed by atoms with van der Waals surface area (Å²) >= 11 is 0. The monoisotopic (exact) mass is 517 g/mol. The van der Waals surface area contributed by atoms with Crippen molar-refractivity contribution in [3.05, 3.63) is 97.3 Å². The van der Waals surface area contributed by atoms with Crippen LogP contribution in [0.25, 0.3) is 11.1 Å². The van der Waals surface area contributed by atoms with Crippen LogP contribution in [0.3, 0.4) is 0 Å². The Balaban J connectivity index is 2.08. The smallest absolute Gasteiger partial charge is 0.322 e. The minimum Gasteiger partial charge on any atom is -0.322 e. The standard InChI is InChI=1S/C21H10F7N3O5/c22-18-9-12(31(35)36)3-6-15(18)19(32)29-10-1-4-13(16(7-10)20(23,24)25)14-5-2-11(30(33)34)8-17(14)21(26,27)28/h1-9H,(H,29,32). The van der Waals surface area contributed by atoms with Crippen LogP contribution in [-0.2, 0) is 12.4 Å². The molecule has 36 heavy (non-hydrogen) atoms. The van der Waals surface area contributed by atoms with E-state index in [9.17, 15) is 55.8 Å². The number of nitro benzene ring substituents is 2. The van der Waals surface area contributed by atoms with Gasteiger partial charge >= 0.3 is 12.4 Å². The van der Waals surface area contributed by atoms with Gasteiger partial charge in [-0.3, -0.25) is 25.0 Å². The molecule has 1 N–H and O–H groups in total. The Bertz CT molecular complexity index is 1390. The Morgan fingerprint density at radius 2 is 1.19 bits per heavy atom. The van der Waals surface area contributed by atoms with Gasteiger partial charge in [-0.05, 0) is 35.4 Å². The number of hydrogen-bond acceptors (Lipinski definition) is 5. The lowest BCUT2D eigenvalue weighted by molar-refractivity contribution is -0.385. The molecule has 188 valence electrons. The molecule has 0 heterocycles. The zero-order chi connectivity index (χ0) is 27.0. The number of halogens is 7. The van der Waals surface area contributed by atoms with Gasteiger partial charge in [-0.1, -0.05) is 6.07 Å². The van der Waals surface area contributed by atoms with Crippen molar-refractivity contribution < 1.29 is 45.4 Å². The number of nitro groups is 2. The van der Waals surface area contributed by atoms with Gasteiger partial charge < -0.3 is 5.32 Å². The molecule has 0 atom stereocenters. The van der Waals surface area contributed by atoms with Crippen LogP contribution < -0.4 is 5.32 Å². The SMILES string of the molecule is O=C(Nc1ccc(-c2ccc([N+](=O)[O-])cc2C(F)(F)F)c(C(F)(F)F)c1)c1ccc([N+](=O)[O-])cc1F. The van der Waals surface area contributed by atoms with E-state index >= 15 is 0 Å².